The molecule has 0 unspecified atom stereocenters. The minimum Gasteiger partial charge on any atom is -0.496 e. The summed E-state index contributed by atoms with van der Waals surface area (Å²) in [5.41, 5.74) is 0.978. The first kappa shape index (κ1) is 14.6. The number of aliphatic imine (C=N–C) groups is 1. The van der Waals surface area contributed by atoms with E-state index in [4.69, 9.17) is 16.3 Å². The van der Waals surface area contributed by atoms with Crippen molar-refractivity contribution < 1.29 is 4.74 Å². The molecule has 0 radical (unpaired) electrons. The second kappa shape index (κ2) is 6.50. The van der Waals surface area contributed by atoms with Gasteiger partial charge in [-0.25, -0.2) is 4.99 Å². The number of halogens is 1. The van der Waals surface area contributed by atoms with Gasteiger partial charge in [0.2, 0.25) is 0 Å². The van der Waals surface area contributed by atoms with E-state index in [-0.39, 0.29) is 0 Å². The number of nitrogens with zero attached hydrogens (tertiary/aromatic N) is 3. The minimum atomic E-state index is 0.537. The van der Waals surface area contributed by atoms with Crippen LogP contribution in [-0.2, 0) is 6.54 Å². The van der Waals surface area contributed by atoms with E-state index < -0.39 is 0 Å². The van der Waals surface area contributed by atoms with Crippen molar-refractivity contribution in [2.45, 2.75) is 6.54 Å². The van der Waals surface area contributed by atoms with Gasteiger partial charge < -0.3 is 14.5 Å². The second-order valence-corrected chi connectivity index (χ2v) is 4.80. The molecular formula is C13H20ClN3O. The summed E-state index contributed by atoms with van der Waals surface area (Å²) in [6.07, 6.45) is 0. The Bertz CT molecular complexity index is 420. The third-order valence-electron chi connectivity index (χ3n) is 2.43. The fourth-order valence-electron chi connectivity index (χ4n) is 1.71. The van der Waals surface area contributed by atoms with Crippen LogP contribution in [-0.4, -0.2) is 51.1 Å². The number of guanidine groups is 1. The van der Waals surface area contributed by atoms with Gasteiger partial charge in [0.15, 0.2) is 5.96 Å². The molecule has 4 nitrogen and oxygen atoms in total. The van der Waals surface area contributed by atoms with Gasteiger partial charge in [-0.1, -0.05) is 11.6 Å². The summed E-state index contributed by atoms with van der Waals surface area (Å²) < 4.78 is 5.30. The molecule has 0 aliphatic heterocycles. The molecule has 1 aromatic rings. The van der Waals surface area contributed by atoms with E-state index in [1.54, 1.807) is 7.11 Å². The maximum atomic E-state index is 5.99. The Morgan fingerprint density at radius 1 is 1.22 bits per heavy atom. The summed E-state index contributed by atoms with van der Waals surface area (Å²) in [5.74, 6) is 1.71. The Balaban J connectivity index is 2.96. The Morgan fingerprint density at radius 2 is 1.83 bits per heavy atom. The van der Waals surface area contributed by atoms with Crippen molar-refractivity contribution in [2.24, 2.45) is 4.99 Å². The minimum absolute atomic E-state index is 0.537. The van der Waals surface area contributed by atoms with Crippen LogP contribution in [0.25, 0.3) is 0 Å². The van der Waals surface area contributed by atoms with Gasteiger partial charge in [-0.2, -0.15) is 0 Å². The largest absolute Gasteiger partial charge is 0.496 e. The average molecular weight is 270 g/mol. The number of rotatable bonds is 3. The maximum absolute atomic E-state index is 5.99. The van der Waals surface area contributed by atoms with Crippen LogP contribution in [0, 0.1) is 0 Å². The first-order valence-electron chi connectivity index (χ1n) is 5.67. The van der Waals surface area contributed by atoms with Crippen LogP contribution in [0.5, 0.6) is 5.75 Å². The topological polar surface area (TPSA) is 28.1 Å². The van der Waals surface area contributed by atoms with Crippen molar-refractivity contribution in [3.63, 3.8) is 0 Å². The molecule has 0 aliphatic rings. The zero-order chi connectivity index (χ0) is 13.7. The van der Waals surface area contributed by atoms with Gasteiger partial charge in [0.1, 0.15) is 5.75 Å². The molecule has 1 aromatic carbocycles. The lowest BCUT2D eigenvalue weighted by atomic mass is 10.2. The van der Waals surface area contributed by atoms with E-state index >= 15 is 0 Å². The summed E-state index contributed by atoms with van der Waals surface area (Å²) >= 11 is 5.99. The van der Waals surface area contributed by atoms with Crippen LogP contribution in [0.3, 0.4) is 0 Å². The molecule has 100 valence electrons. The fraction of sp³-hybridized carbons (Fsp3) is 0.462. The van der Waals surface area contributed by atoms with Crippen molar-refractivity contribution in [1.82, 2.24) is 9.80 Å². The van der Waals surface area contributed by atoms with Gasteiger partial charge in [-0.05, 0) is 18.2 Å². The van der Waals surface area contributed by atoms with E-state index in [9.17, 15) is 0 Å². The first-order valence-corrected chi connectivity index (χ1v) is 6.05. The van der Waals surface area contributed by atoms with Gasteiger partial charge in [-0.15, -0.1) is 0 Å². The lowest BCUT2D eigenvalue weighted by Crippen LogP contribution is -2.35. The van der Waals surface area contributed by atoms with Crippen LogP contribution in [0.4, 0.5) is 0 Å². The predicted octanol–water partition coefficient (Wildman–Crippen LogP) is 2.33. The standard InChI is InChI=1S/C13H20ClN3O/c1-16(2)13(17(3)4)15-9-10-8-11(14)6-7-12(10)18-5/h6-8H,9H2,1-5H3. The van der Waals surface area contributed by atoms with E-state index in [1.165, 1.54) is 0 Å². The van der Waals surface area contributed by atoms with E-state index in [2.05, 4.69) is 4.99 Å². The Morgan fingerprint density at radius 3 is 2.33 bits per heavy atom. The van der Waals surface area contributed by atoms with Crippen molar-refractivity contribution in [1.29, 1.82) is 0 Å². The number of hydrogen-bond acceptors (Lipinski definition) is 2. The monoisotopic (exact) mass is 269 g/mol. The summed E-state index contributed by atoms with van der Waals surface area (Å²) in [4.78, 5) is 8.51. The van der Waals surface area contributed by atoms with Gasteiger partial charge in [0.05, 0.1) is 13.7 Å². The van der Waals surface area contributed by atoms with Gasteiger partial charge in [0, 0.05) is 38.8 Å². The highest BCUT2D eigenvalue weighted by Gasteiger charge is 2.07. The maximum Gasteiger partial charge on any atom is 0.195 e. The molecule has 1 rings (SSSR count). The quantitative estimate of drug-likeness (QED) is 0.623. The van der Waals surface area contributed by atoms with Crippen LogP contribution in [0.15, 0.2) is 23.2 Å². The molecule has 0 heterocycles. The highest BCUT2D eigenvalue weighted by atomic mass is 35.5. The molecule has 0 bridgehead atoms. The molecule has 0 N–H and O–H groups in total. The van der Waals surface area contributed by atoms with Crippen molar-refractivity contribution in [3.05, 3.63) is 28.8 Å². The predicted molar refractivity (Wildman–Crippen MR) is 76.5 cm³/mol. The highest BCUT2D eigenvalue weighted by molar-refractivity contribution is 6.30. The highest BCUT2D eigenvalue weighted by Crippen LogP contribution is 2.23. The number of ether oxygens (including phenoxy) is 1. The van der Waals surface area contributed by atoms with Gasteiger partial charge >= 0.3 is 0 Å². The van der Waals surface area contributed by atoms with Crippen LogP contribution in [0.1, 0.15) is 5.56 Å². The molecular weight excluding hydrogens is 250 g/mol. The molecule has 18 heavy (non-hydrogen) atoms. The van der Waals surface area contributed by atoms with E-state index in [0.29, 0.717) is 11.6 Å². The van der Waals surface area contributed by atoms with Crippen molar-refractivity contribution >= 4 is 17.6 Å². The smallest absolute Gasteiger partial charge is 0.195 e. The fourth-order valence-corrected chi connectivity index (χ4v) is 1.90. The lowest BCUT2D eigenvalue weighted by molar-refractivity contribution is 0.409. The molecule has 0 aliphatic carbocycles. The second-order valence-electron chi connectivity index (χ2n) is 4.36. The zero-order valence-corrected chi connectivity index (χ0v) is 12.3. The summed E-state index contributed by atoms with van der Waals surface area (Å²) in [6.45, 7) is 0.537. The van der Waals surface area contributed by atoms with Crippen LogP contribution in [0.2, 0.25) is 5.02 Å². The molecule has 5 heteroatoms. The number of hydrogen-bond donors (Lipinski definition) is 0. The summed E-state index contributed by atoms with van der Waals surface area (Å²) in [5, 5.41) is 0.692. The van der Waals surface area contributed by atoms with Crippen molar-refractivity contribution in [2.75, 3.05) is 35.3 Å². The SMILES string of the molecule is COc1ccc(Cl)cc1CN=C(N(C)C)N(C)C. The summed E-state index contributed by atoms with van der Waals surface area (Å²) in [6, 6.07) is 5.55. The van der Waals surface area contributed by atoms with Crippen molar-refractivity contribution in [3.8, 4) is 5.75 Å². The summed E-state index contributed by atoms with van der Waals surface area (Å²) in [7, 11) is 9.51. The molecule has 0 aromatic heterocycles. The Kier molecular flexibility index (Phi) is 5.28. The molecule has 0 saturated carbocycles. The molecule has 0 spiro atoms. The third-order valence-corrected chi connectivity index (χ3v) is 2.67. The molecule has 0 atom stereocenters. The number of methoxy groups -OCH3 is 1. The molecule has 0 fully saturated rings. The normalized spacial score (nSPS) is 9.89. The van der Waals surface area contributed by atoms with Crippen LogP contribution >= 0.6 is 11.6 Å². The van der Waals surface area contributed by atoms with Crippen LogP contribution < -0.4 is 4.74 Å². The average Bonchev–Trinajstić information content (AvgIpc) is 2.28. The molecule has 0 amide bonds. The Labute approximate surface area is 114 Å². The first-order chi connectivity index (χ1) is 8.45. The Hall–Kier alpha value is -1.42. The van der Waals surface area contributed by atoms with Gasteiger partial charge in [-0.3, -0.25) is 0 Å². The van der Waals surface area contributed by atoms with E-state index in [1.807, 2.05) is 56.2 Å². The van der Waals surface area contributed by atoms with Gasteiger partial charge in [0.25, 0.3) is 0 Å². The van der Waals surface area contributed by atoms with E-state index in [0.717, 1.165) is 17.3 Å². The zero-order valence-electron chi connectivity index (χ0n) is 11.6. The lowest BCUT2D eigenvalue weighted by Gasteiger charge is -2.22. The third kappa shape index (κ3) is 3.81. The molecule has 0 saturated heterocycles. The number of benzene rings is 1.